The molecule has 0 aliphatic heterocycles. The van der Waals surface area contributed by atoms with Gasteiger partial charge >= 0.3 is 0 Å². The second-order valence-electron chi connectivity index (χ2n) is 4.15. The van der Waals surface area contributed by atoms with Crippen LogP contribution in [0.5, 0.6) is 0 Å². The maximum Gasteiger partial charge on any atom is 0.0164 e. The molecular formula is C14H17. The molecule has 0 fully saturated rings. The van der Waals surface area contributed by atoms with Gasteiger partial charge < -0.3 is 0 Å². The third-order valence-electron chi connectivity index (χ3n) is 2.86. The highest BCUT2D eigenvalue weighted by molar-refractivity contribution is 5.72. The van der Waals surface area contributed by atoms with Crippen molar-refractivity contribution in [2.75, 3.05) is 0 Å². The summed E-state index contributed by atoms with van der Waals surface area (Å²) in [7, 11) is 0. The van der Waals surface area contributed by atoms with E-state index >= 15 is 0 Å². The molecule has 0 unspecified atom stereocenters. The molecule has 1 aromatic rings. The minimum atomic E-state index is 1.19. The molecule has 0 saturated heterocycles. The van der Waals surface area contributed by atoms with Crippen molar-refractivity contribution in [3.63, 3.8) is 0 Å². The van der Waals surface area contributed by atoms with Gasteiger partial charge in [0.1, 0.15) is 0 Å². The Morgan fingerprint density at radius 2 is 1.86 bits per heavy atom. The number of hydrogen-bond acceptors (Lipinski definition) is 0. The van der Waals surface area contributed by atoms with Gasteiger partial charge in [-0.2, -0.15) is 0 Å². The summed E-state index contributed by atoms with van der Waals surface area (Å²) in [5, 5.41) is 0. The summed E-state index contributed by atoms with van der Waals surface area (Å²) in [5.41, 5.74) is 7.18. The number of rotatable bonds is 2. The lowest BCUT2D eigenvalue weighted by atomic mass is 9.96. The van der Waals surface area contributed by atoms with Gasteiger partial charge in [-0.15, -0.1) is 0 Å². The molecule has 0 bridgehead atoms. The molecule has 1 aromatic carbocycles. The van der Waals surface area contributed by atoms with Gasteiger partial charge in [0, 0.05) is 6.42 Å². The average molecular weight is 185 g/mol. The molecule has 0 heterocycles. The lowest BCUT2D eigenvalue weighted by Gasteiger charge is -2.09. The van der Waals surface area contributed by atoms with Crippen molar-refractivity contribution in [1.29, 1.82) is 0 Å². The van der Waals surface area contributed by atoms with Crippen LogP contribution in [0.15, 0.2) is 17.7 Å². The van der Waals surface area contributed by atoms with E-state index in [-0.39, 0.29) is 0 Å². The molecule has 1 radical (unpaired) electrons. The quantitative estimate of drug-likeness (QED) is 0.655. The van der Waals surface area contributed by atoms with Gasteiger partial charge in [0.05, 0.1) is 0 Å². The molecule has 0 N–H and O–H groups in total. The van der Waals surface area contributed by atoms with E-state index in [2.05, 4.69) is 45.4 Å². The summed E-state index contributed by atoms with van der Waals surface area (Å²) in [5.74, 6) is 0. The van der Waals surface area contributed by atoms with Crippen molar-refractivity contribution in [1.82, 2.24) is 0 Å². The van der Waals surface area contributed by atoms with E-state index in [1.54, 1.807) is 0 Å². The Hall–Kier alpha value is -1.04. The molecule has 0 saturated carbocycles. The van der Waals surface area contributed by atoms with Crippen LogP contribution in [-0.4, -0.2) is 0 Å². The molecule has 0 heteroatoms. The largest absolute Gasteiger partial charge is 0.0651 e. The van der Waals surface area contributed by atoms with E-state index in [0.717, 1.165) is 0 Å². The second-order valence-corrected chi connectivity index (χ2v) is 4.15. The molecule has 2 rings (SSSR count). The van der Waals surface area contributed by atoms with Crippen LogP contribution in [-0.2, 0) is 6.42 Å². The summed E-state index contributed by atoms with van der Waals surface area (Å²) in [6, 6.07) is 4.52. The normalized spacial score (nSPS) is 14.1. The highest BCUT2D eigenvalue weighted by Gasteiger charge is 2.15. The highest BCUT2D eigenvalue weighted by atomic mass is 14.2. The fourth-order valence-corrected chi connectivity index (χ4v) is 2.14. The first-order valence-electron chi connectivity index (χ1n) is 5.38. The van der Waals surface area contributed by atoms with E-state index in [1.165, 1.54) is 40.7 Å². The molecule has 0 atom stereocenters. The Bertz CT molecular complexity index is 383. The first kappa shape index (κ1) is 9.51. The number of aryl methyl sites for hydroxylation is 2. The van der Waals surface area contributed by atoms with Crippen LogP contribution < -0.4 is 0 Å². The van der Waals surface area contributed by atoms with Gasteiger partial charge in [0.2, 0.25) is 0 Å². The molecule has 73 valence electrons. The zero-order valence-corrected chi connectivity index (χ0v) is 9.22. The van der Waals surface area contributed by atoms with Crippen molar-refractivity contribution in [2.24, 2.45) is 0 Å². The SMILES string of the molecule is CCCc1ccc(C)c2c1C=C(C)[CH]2. The summed E-state index contributed by atoms with van der Waals surface area (Å²) in [6.45, 7) is 6.61. The van der Waals surface area contributed by atoms with Crippen LogP contribution in [0.4, 0.5) is 0 Å². The molecule has 0 amide bonds. The van der Waals surface area contributed by atoms with E-state index in [4.69, 9.17) is 0 Å². The van der Waals surface area contributed by atoms with Crippen LogP contribution in [0.2, 0.25) is 0 Å². The van der Waals surface area contributed by atoms with Crippen LogP contribution in [0.25, 0.3) is 6.08 Å². The Morgan fingerprint density at radius 1 is 1.07 bits per heavy atom. The van der Waals surface area contributed by atoms with Gasteiger partial charge in [-0.1, -0.05) is 37.1 Å². The minimum absolute atomic E-state index is 1.19. The number of fused-ring (bicyclic) bond motifs is 1. The van der Waals surface area contributed by atoms with Gasteiger partial charge in [0.25, 0.3) is 0 Å². The standard InChI is InChI=1S/C14H17/c1-4-5-12-7-6-11(3)13-8-10(2)9-14(12)13/h6-9H,4-5H2,1-3H3. The Balaban J connectivity index is 2.50. The summed E-state index contributed by atoms with van der Waals surface area (Å²) < 4.78 is 0. The lowest BCUT2D eigenvalue weighted by molar-refractivity contribution is 0.918. The van der Waals surface area contributed by atoms with Crippen LogP contribution in [0, 0.1) is 13.3 Å². The summed E-state index contributed by atoms with van der Waals surface area (Å²) in [4.78, 5) is 0. The molecule has 1 aliphatic carbocycles. The zero-order valence-electron chi connectivity index (χ0n) is 9.22. The predicted molar refractivity (Wildman–Crippen MR) is 62.2 cm³/mol. The van der Waals surface area contributed by atoms with Crippen molar-refractivity contribution < 1.29 is 0 Å². The van der Waals surface area contributed by atoms with E-state index in [0.29, 0.717) is 0 Å². The summed E-state index contributed by atoms with van der Waals surface area (Å²) in [6.07, 6.45) is 7.03. The van der Waals surface area contributed by atoms with Crippen molar-refractivity contribution in [3.05, 3.63) is 46.4 Å². The third-order valence-corrected chi connectivity index (χ3v) is 2.86. The zero-order chi connectivity index (χ0) is 10.1. The van der Waals surface area contributed by atoms with Crippen molar-refractivity contribution in [3.8, 4) is 0 Å². The second kappa shape index (κ2) is 3.61. The van der Waals surface area contributed by atoms with E-state index < -0.39 is 0 Å². The number of allylic oxidation sites excluding steroid dienone is 1. The van der Waals surface area contributed by atoms with E-state index in [1.807, 2.05) is 0 Å². The fourth-order valence-electron chi connectivity index (χ4n) is 2.14. The maximum atomic E-state index is 2.31. The van der Waals surface area contributed by atoms with Crippen LogP contribution >= 0.6 is 0 Å². The molecule has 0 aromatic heterocycles. The van der Waals surface area contributed by atoms with Crippen LogP contribution in [0.3, 0.4) is 0 Å². The van der Waals surface area contributed by atoms with Gasteiger partial charge in [-0.25, -0.2) is 0 Å². The summed E-state index contributed by atoms with van der Waals surface area (Å²) >= 11 is 0. The monoisotopic (exact) mass is 185 g/mol. The Morgan fingerprint density at radius 3 is 2.57 bits per heavy atom. The molecule has 0 nitrogen and oxygen atoms in total. The minimum Gasteiger partial charge on any atom is -0.0651 e. The first-order valence-corrected chi connectivity index (χ1v) is 5.38. The highest BCUT2D eigenvalue weighted by Crippen LogP contribution is 2.32. The topological polar surface area (TPSA) is 0 Å². The van der Waals surface area contributed by atoms with Crippen molar-refractivity contribution >= 4 is 6.08 Å². The average Bonchev–Trinajstić information content (AvgIpc) is 2.53. The fraction of sp³-hybridized carbons (Fsp3) is 0.357. The Kier molecular flexibility index (Phi) is 2.45. The molecule has 14 heavy (non-hydrogen) atoms. The smallest absolute Gasteiger partial charge is 0.0164 e. The first-order chi connectivity index (χ1) is 6.72. The molecule has 1 aliphatic rings. The van der Waals surface area contributed by atoms with Crippen LogP contribution in [0.1, 0.15) is 42.5 Å². The lowest BCUT2D eigenvalue weighted by Crippen LogP contribution is -1.93. The van der Waals surface area contributed by atoms with Gasteiger partial charge in [-0.3, -0.25) is 0 Å². The third kappa shape index (κ3) is 1.50. The maximum absolute atomic E-state index is 2.31. The van der Waals surface area contributed by atoms with E-state index in [9.17, 15) is 0 Å². The Labute approximate surface area is 86.7 Å². The van der Waals surface area contributed by atoms with Crippen molar-refractivity contribution in [2.45, 2.75) is 33.6 Å². The number of benzene rings is 1. The molecule has 0 spiro atoms. The number of hydrogen-bond donors (Lipinski definition) is 0. The predicted octanol–water partition coefficient (Wildman–Crippen LogP) is 3.92. The van der Waals surface area contributed by atoms with Gasteiger partial charge in [-0.05, 0) is 42.5 Å². The molecular weight excluding hydrogens is 168 g/mol. The van der Waals surface area contributed by atoms with Gasteiger partial charge in [0.15, 0.2) is 0 Å².